The Hall–Kier alpha value is -0.830. The summed E-state index contributed by atoms with van der Waals surface area (Å²) in [6, 6.07) is 8.55. The van der Waals surface area contributed by atoms with Crippen LogP contribution in [0.15, 0.2) is 36.4 Å². The molecule has 100 valence electrons. The van der Waals surface area contributed by atoms with Crippen LogP contribution in [0.5, 0.6) is 0 Å². The number of alkyl halides is 1. The molecule has 0 amide bonds. The van der Waals surface area contributed by atoms with Crippen molar-refractivity contribution in [3.8, 4) is 0 Å². The summed E-state index contributed by atoms with van der Waals surface area (Å²) in [5.74, 6) is -1.23. The van der Waals surface area contributed by atoms with Gasteiger partial charge in [-0.05, 0) is 36.2 Å². The standard InChI is InChI=1S/C14H9Cl3F2/c15-8-4-5-9(11(16)6-8)12(17)7-10-13(18)2-1-3-14(10)19/h1-6,12H,7H2. The highest BCUT2D eigenvalue weighted by atomic mass is 35.5. The maximum absolute atomic E-state index is 13.5. The van der Waals surface area contributed by atoms with E-state index in [1.165, 1.54) is 18.2 Å². The third kappa shape index (κ3) is 3.38. The van der Waals surface area contributed by atoms with Gasteiger partial charge in [0.1, 0.15) is 11.6 Å². The Kier molecular flexibility index (Phi) is 4.67. The van der Waals surface area contributed by atoms with E-state index in [-0.39, 0.29) is 12.0 Å². The zero-order chi connectivity index (χ0) is 14.0. The predicted octanol–water partition coefficient (Wildman–Crippen LogP) is 5.79. The zero-order valence-electron chi connectivity index (χ0n) is 9.64. The van der Waals surface area contributed by atoms with E-state index in [0.717, 1.165) is 0 Å². The van der Waals surface area contributed by atoms with Gasteiger partial charge in [0.15, 0.2) is 0 Å². The van der Waals surface area contributed by atoms with Crippen LogP contribution in [0.4, 0.5) is 8.78 Å². The van der Waals surface area contributed by atoms with Gasteiger partial charge in [0.2, 0.25) is 0 Å². The molecule has 0 N–H and O–H groups in total. The lowest BCUT2D eigenvalue weighted by molar-refractivity contribution is 0.553. The molecule has 0 heterocycles. The first-order chi connectivity index (χ1) is 8.99. The molecule has 0 aliphatic carbocycles. The van der Waals surface area contributed by atoms with E-state index >= 15 is 0 Å². The molecular weight excluding hydrogens is 313 g/mol. The molecule has 0 bridgehead atoms. The van der Waals surface area contributed by atoms with Gasteiger partial charge in [-0.15, -0.1) is 11.6 Å². The SMILES string of the molecule is Fc1cccc(F)c1CC(Cl)c1ccc(Cl)cc1Cl. The lowest BCUT2D eigenvalue weighted by atomic mass is 10.0. The largest absolute Gasteiger partial charge is 0.207 e. The Morgan fingerprint density at radius 1 is 1.00 bits per heavy atom. The van der Waals surface area contributed by atoms with Crippen LogP contribution in [0.1, 0.15) is 16.5 Å². The summed E-state index contributed by atoms with van der Waals surface area (Å²) >= 11 is 18.0. The minimum absolute atomic E-state index is 0.0153. The molecule has 0 aliphatic heterocycles. The molecule has 0 spiro atoms. The summed E-state index contributed by atoms with van der Waals surface area (Å²) in [5.41, 5.74) is 0.545. The van der Waals surface area contributed by atoms with Gasteiger partial charge in [0.05, 0.1) is 5.38 Å². The summed E-state index contributed by atoms with van der Waals surface area (Å²) < 4.78 is 27.1. The summed E-state index contributed by atoms with van der Waals surface area (Å²) in [4.78, 5) is 0. The van der Waals surface area contributed by atoms with Gasteiger partial charge in [-0.25, -0.2) is 8.78 Å². The fraction of sp³-hybridized carbons (Fsp3) is 0.143. The van der Waals surface area contributed by atoms with Crippen molar-refractivity contribution >= 4 is 34.8 Å². The smallest absolute Gasteiger partial charge is 0.129 e. The van der Waals surface area contributed by atoms with E-state index < -0.39 is 17.0 Å². The second-order valence-corrected chi connectivity index (χ2v) is 5.41. The van der Waals surface area contributed by atoms with Gasteiger partial charge in [0, 0.05) is 15.6 Å². The van der Waals surface area contributed by atoms with Crippen molar-refractivity contribution in [3.05, 3.63) is 69.2 Å². The molecule has 2 aromatic carbocycles. The van der Waals surface area contributed by atoms with Crippen molar-refractivity contribution in [3.63, 3.8) is 0 Å². The average Bonchev–Trinajstić information content (AvgIpc) is 2.33. The van der Waals surface area contributed by atoms with Crippen molar-refractivity contribution in [2.75, 3.05) is 0 Å². The van der Waals surface area contributed by atoms with E-state index in [0.29, 0.717) is 15.6 Å². The number of halogens is 5. The van der Waals surface area contributed by atoms with Gasteiger partial charge in [0.25, 0.3) is 0 Å². The first kappa shape index (κ1) is 14.6. The Morgan fingerprint density at radius 2 is 1.63 bits per heavy atom. The van der Waals surface area contributed by atoms with E-state index in [1.54, 1.807) is 18.2 Å². The summed E-state index contributed by atoms with van der Waals surface area (Å²) in [6.45, 7) is 0. The third-order valence-corrected chi connectivity index (χ3v) is 3.70. The van der Waals surface area contributed by atoms with Gasteiger partial charge < -0.3 is 0 Å². The molecule has 19 heavy (non-hydrogen) atoms. The van der Waals surface area contributed by atoms with E-state index in [4.69, 9.17) is 34.8 Å². The quantitative estimate of drug-likeness (QED) is 0.627. The topological polar surface area (TPSA) is 0 Å². The van der Waals surface area contributed by atoms with Crippen LogP contribution in [0, 0.1) is 11.6 Å². The lowest BCUT2D eigenvalue weighted by Crippen LogP contribution is -2.02. The lowest BCUT2D eigenvalue weighted by Gasteiger charge is -2.13. The van der Waals surface area contributed by atoms with Crippen molar-refractivity contribution in [1.29, 1.82) is 0 Å². The first-order valence-corrected chi connectivity index (χ1v) is 6.70. The number of benzene rings is 2. The molecule has 1 atom stereocenters. The first-order valence-electron chi connectivity index (χ1n) is 5.51. The highest BCUT2D eigenvalue weighted by molar-refractivity contribution is 6.35. The second kappa shape index (κ2) is 6.08. The maximum Gasteiger partial charge on any atom is 0.129 e. The van der Waals surface area contributed by atoms with Crippen molar-refractivity contribution in [2.24, 2.45) is 0 Å². The van der Waals surface area contributed by atoms with E-state index in [9.17, 15) is 8.78 Å². The van der Waals surface area contributed by atoms with E-state index in [1.807, 2.05) is 0 Å². The number of hydrogen-bond donors (Lipinski definition) is 0. The molecular formula is C14H9Cl3F2. The molecule has 0 fully saturated rings. The summed E-state index contributed by atoms with van der Waals surface area (Å²) in [5, 5.41) is 0.232. The van der Waals surface area contributed by atoms with Crippen LogP contribution in [0.3, 0.4) is 0 Å². The highest BCUT2D eigenvalue weighted by Crippen LogP contribution is 2.33. The molecule has 0 saturated carbocycles. The molecule has 1 unspecified atom stereocenters. The maximum atomic E-state index is 13.5. The molecule has 0 aliphatic rings. The predicted molar refractivity (Wildman–Crippen MR) is 75.1 cm³/mol. The van der Waals surface area contributed by atoms with Gasteiger partial charge in [-0.1, -0.05) is 35.3 Å². The molecule has 0 radical (unpaired) electrons. The summed E-state index contributed by atoms with van der Waals surface area (Å²) in [7, 11) is 0. The molecule has 0 aromatic heterocycles. The molecule has 5 heteroatoms. The van der Waals surface area contributed by atoms with Gasteiger partial charge >= 0.3 is 0 Å². The second-order valence-electron chi connectivity index (χ2n) is 4.04. The Bertz CT molecular complexity index is 579. The highest BCUT2D eigenvalue weighted by Gasteiger charge is 2.17. The van der Waals surface area contributed by atoms with Gasteiger partial charge in [-0.2, -0.15) is 0 Å². The monoisotopic (exact) mass is 320 g/mol. The third-order valence-electron chi connectivity index (χ3n) is 2.74. The average molecular weight is 322 g/mol. The van der Waals surface area contributed by atoms with Crippen molar-refractivity contribution in [1.82, 2.24) is 0 Å². The van der Waals surface area contributed by atoms with E-state index in [2.05, 4.69) is 0 Å². The fourth-order valence-electron chi connectivity index (χ4n) is 1.77. The Morgan fingerprint density at radius 3 is 2.21 bits per heavy atom. The normalized spacial score (nSPS) is 12.5. The Balaban J connectivity index is 2.28. The molecule has 0 saturated heterocycles. The number of hydrogen-bond acceptors (Lipinski definition) is 0. The fourth-order valence-corrected chi connectivity index (χ4v) is 2.71. The van der Waals surface area contributed by atoms with Crippen LogP contribution >= 0.6 is 34.8 Å². The van der Waals surface area contributed by atoms with Crippen LogP contribution in [0.25, 0.3) is 0 Å². The number of rotatable bonds is 3. The van der Waals surface area contributed by atoms with Crippen LogP contribution in [-0.4, -0.2) is 0 Å². The molecule has 0 nitrogen and oxygen atoms in total. The van der Waals surface area contributed by atoms with Crippen LogP contribution < -0.4 is 0 Å². The van der Waals surface area contributed by atoms with Crippen LogP contribution in [-0.2, 0) is 6.42 Å². The van der Waals surface area contributed by atoms with Crippen LogP contribution in [0.2, 0.25) is 10.0 Å². The minimum Gasteiger partial charge on any atom is -0.207 e. The zero-order valence-corrected chi connectivity index (χ0v) is 11.9. The van der Waals surface area contributed by atoms with Crippen molar-refractivity contribution in [2.45, 2.75) is 11.8 Å². The van der Waals surface area contributed by atoms with Gasteiger partial charge in [-0.3, -0.25) is 0 Å². The molecule has 2 aromatic rings. The Labute approximate surface area is 124 Å². The summed E-state index contributed by atoms with van der Waals surface area (Å²) in [6.07, 6.45) is 0.0153. The minimum atomic E-state index is -0.629. The molecule has 2 rings (SSSR count). The van der Waals surface area contributed by atoms with Crippen molar-refractivity contribution < 1.29 is 8.78 Å².